The number of guanidine groups is 1. The summed E-state index contributed by atoms with van der Waals surface area (Å²) in [4.78, 5) is 17.7. The van der Waals surface area contributed by atoms with Crippen molar-refractivity contribution in [1.82, 2.24) is 15.5 Å². The predicted octanol–water partition coefficient (Wildman–Crippen LogP) is 2.46. The monoisotopic (exact) mass is 352 g/mol. The fourth-order valence-corrected chi connectivity index (χ4v) is 2.63. The smallest absolute Gasteiger partial charge is 0.243 e. The second-order valence-corrected chi connectivity index (χ2v) is 6.24. The zero-order valence-corrected chi connectivity index (χ0v) is 15.8. The third-order valence-corrected chi connectivity index (χ3v) is 4.09. The summed E-state index contributed by atoms with van der Waals surface area (Å²) in [5, 5.41) is 6.58. The second kappa shape index (κ2) is 10.2. The summed E-state index contributed by atoms with van der Waals surface area (Å²) in [5.41, 5.74) is 2.48. The van der Waals surface area contributed by atoms with Crippen molar-refractivity contribution in [2.45, 2.75) is 12.8 Å². The number of carbonyl (C=O) groups is 1. The van der Waals surface area contributed by atoms with Gasteiger partial charge < -0.3 is 15.5 Å². The molecular weight excluding hydrogens is 324 g/mol. The highest BCUT2D eigenvalue weighted by Crippen LogP contribution is 2.23. The number of aliphatic imine (C=N–C) groups is 1. The molecule has 0 atom stereocenters. The molecule has 2 rings (SSSR count). The van der Waals surface area contributed by atoms with Crippen LogP contribution in [0.5, 0.6) is 0 Å². The van der Waals surface area contributed by atoms with Crippen molar-refractivity contribution in [3.05, 3.63) is 71.8 Å². The van der Waals surface area contributed by atoms with Crippen LogP contribution in [0.4, 0.5) is 0 Å². The van der Waals surface area contributed by atoms with Gasteiger partial charge in [0.2, 0.25) is 5.91 Å². The predicted molar refractivity (Wildman–Crippen MR) is 107 cm³/mol. The van der Waals surface area contributed by atoms with E-state index in [0.29, 0.717) is 12.5 Å². The van der Waals surface area contributed by atoms with Gasteiger partial charge in [-0.25, -0.2) is 4.99 Å². The van der Waals surface area contributed by atoms with Crippen molar-refractivity contribution in [2.24, 2.45) is 4.99 Å². The number of nitrogens with one attached hydrogen (secondary N) is 2. The minimum absolute atomic E-state index is 0.0233. The molecule has 138 valence electrons. The van der Waals surface area contributed by atoms with Crippen LogP contribution >= 0.6 is 0 Å². The van der Waals surface area contributed by atoms with Gasteiger partial charge in [-0.15, -0.1) is 0 Å². The lowest BCUT2D eigenvalue weighted by Crippen LogP contribution is -2.40. The molecule has 0 heterocycles. The molecule has 0 radical (unpaired) electrons. The highest BCUT2D eigenvalue weighted by atomic mass is 16.2. The van der Waals surface area contributed by atoms with Crippen LogP contribution in [0.2, 0.25) is 0 Å². The van der Waals surface area contributed by atoms with E-state index < -0.39 is 0 Å². The van der Waals surface area contributed by atoms with Crippen molar-refractivity contribution < 1.29 is 4.79 Å². The Morgan fingerprint density at radius 1 is 0.962 bits per heavy atom. The first-order chi connectivity index (χ1) is 12.6. The molecule has 0 aromatic heterocycles. The van der Waals surface area contributed by atoms with Crippen LogP contribution in [0, 0.1) is 0 Å². The standard InChI is InChI=1S/C21H28N4O/c1-4-22-21(24-16-20(26)25(2)3)23-15-19(17-11-7-5-8-12-17)18-13-9-6-10-14-18/h5-14,19H,4,15-16H2,1-3H3,(H2,22,23,24). The Balaban J connectivity index is 2.14. The summed E-state index contributed by atoms with van der Waals surface area (Å²) < 4.78 is 0. The molecule has 26 heavy (non-hydrogen) atoms. The van der Waals surface area contributed by atoms with Crippen molar-refractivity contribution in [1.29, 1.82) is 0 Å². The first kappa shape index (κ1) is 19.5. The van der Waals surface area contributed by atoms with Crippen molar-refractivity contribution >= 4 is 11.9 Å². The molecule has 0 saturated heterocycles. The first-order valence-corrected chi connectivity index (χ1v) is 8.94. The minimum atomic E-state index is -0.0233. The van der Waals surface area contributed by atoms with Crippen LogP contribution in [0.15, 0.2) is 65.7 Å². The summed E-state index contributed by atoms with van der Waals surface area (Å²) in [6.45, 7) is 3.57. The van der Waals surface area contributed by atoms with Crippen molar-refractivity contribution in [3.63, 3.8) is 0 Å². The van der Waals surface area contributed by atoms with E-state index in [1.807, 2.05) is 19.1 Å². The number of hydrogen-bond acceptors (Lipinski definition) is 2. The van der Waals surface area contributed by atoms with Crippen LogP contribution < -0.4 is 10.6 Å². The number of rotatable bonds is 7. The maximum Gasteiger partial charge on any atom is 0.243 e. The van der Waals surface area contributed by atoms with Gasteiger partial charge in [-0.05, 0) is 18.1 Å². The van der Waals surface area contributed by atoms with Gasteiger partial charge in [0.1, 0.15) is 6.54 Å². The third-order valence-electron chi connectivity index (χ3n) is 4.09. The van der Waals surface area contributed by atoms with Crippen LogP contribution in [-0.4, -0.2) is 50.5 Å². The molecule has 0 aliphatic carbocycles. The van der Waals surface area contributed by atoms with Gasteiger partial charge in [0.05, 0.1) is 0 Å². The van der Waals surface area contributed by atoms with Gasteiger partial charge in [0.15, 0.2) is 5.96 Å². The zero-order chi connectivity index (χ0) is 18.8. The molecule has 0 bridgehead atoms. The maximum absolute atomic E-state index is 11.8. The van der Waals surface area contributed by atoms with Crippen LogP contribution in [0.3, 0.4) is 0 Å². The van der Waals surface area contributed by atoms with Crippen LogP contribution in [0.25, 0.3) is 0 Å². The molecule has 0 aliphatic heterocycles. The Labute approximate surface area is 156 Å². The van der Waals surface area contributed by atoms with Crippen LogP contribution in [-0.2, 0) is 4.79 Å². The van der Waals surface area contributed by atoms with Gasteiger partial charge in [0.25, 0.3) is 0 Å². The van der Waals surface area contributed by atoms with E-state index in [2.05, 4.69) is 64.2 Å². The molecule has 5 heteroatoms. The van der Waals surface area contributed by atoms with Crippen LogP contribution in [0.1, 0.15) is 24.0 Å². The highest BCUT2D eigenvalue weighted by molar-refractivity contribution is 5.84. The van der Waals surface area contributed by atoms with Crippen molar-refractivity contribution in [3.8, 4) is 0 Å². The number of benzene rings is 2. The minimum Gasteiger partial charge on any atom is -0.357 e. The molecular formula is C21H28N4O. The normalized spacial score (nSPS) is 11.3. The average molecular weight is 352 g/mol. The molecule has 0 spiro atoms. The topological polar surface area (TPSA) is 56.7 Å². The van der Waals surface area contributed by atoms with E-state index in [0.717, 1.165) is 6.54 Å². The van der Waals surface area contributed by atoms with E-state index in [1.54, 1.807) is 19.0 Å². The number of hydrogen-bond donors (Lipinski definition) is 2. The lowest BCUT2D eigenvalue weighted by molar-refractivity contribution is -0.127. The SMILES string of the molecule is CCNC(=NCC(=O)N(C)C)NCC(c1ccccc1)c1ccccc1. The fraction of sp³-hybridized carbons (Fsp3) is 0.333. The molecule has 1 amide bonds. The lowest BCUT2D eigenvalue weighted by Gasteiger charge is -2.20. The average Bonchev–Trinajstić information content (AvgIpc) is 2.67. The number of nitrogens with zero attached hydrogens (tertiary/aromatic N) is 2. The Hall–Kier alpha value is -2.82. The highest BCUT2D eigenvalue weighted by Gasteiger charge is 2.14. The molecule has 2 N–H and O–H groups in total. The van der Waals surface area contributed by atoms with E-state index in [4.69, 9.17) is 0 Å². The summed E-state index contributed by atoms with van der Waals surface area (Å²) >= 11 is 0. The van der Waals surface area contributed by atoms with E-state index in [1.165, 1.54) is 11.1 Å². The number of carbonyl (C=O) groups excluding carboxylic acids is 1. The summed E-state index contributed by atoms with van der Waals surface area (Å²) in [7, 11) is 3.47. The van der Waals surface area contributed by atoms with E-state index in [-0.39, 0.29) is 18.4 Å². The van der Waals surface area contributed by atoms with Crippen molar-refractivity contribution in [2.75, 3.05) is 33.7 Å². The fourth-order valence-electron chi connectivity index (χ4n) is 2.63. The van der Waals surface area contributed by atoms with Gasteiger partial charge >= 0.3 is 0 Å². The zero-order valence-electron chi connectivity index (χ0n) is 15.8. The number of amides is 1. The molecule has 0 aliphatic rings. The Kier molecular flexibility index (Phi) is 7.68. The largest absolute Gasteiger partial charge is 0.357 e. The summed E-state index contributed by atoms with van der Waals surface area (Å²) in [6.07, 6.45) is 0. The van der Waals surface area contributed by atoms with Gasteiger partial charge in [-0.1, -0.05) is 60.7 Å². The molecule has 0 fully saturated rings. The molecule has 2 aromatic rings. The Morgan fingerprint density at radius 3 is 1.96 bits per heavy atom. The molecule has 5 nitrogen and oxygen atoms in total. The number of likely N-dealkylation sites (N-methyl/N-ethyl adjacent to an activating group) is 1. The van der Waals surface area contributed by atoms with Gasteiger partial charge in [0, 0.05) is 33.1 Å². The molecule has 2 aromatic carbocycles. The summed E-state index contributed by atoms with van der Waals surface area (Å²) in [6, 6.07) is 20.8. The second-order valence-electron chi connectivity index (χ2n) is 6.24. The third kappa shape index (κ3) is 5.92. The van der Waals surface area contributed by atoms with E-state index in [9.17, 15) is 4.79 Å². The van der Waals surface area contributed by atoms with Gasteiger partial charge in [-0.3, -0.25) is 4.79 Å². The van der Waals surface area contributed by atoms with E-state index >= 15 is 0 Å². The lowest BCUT2D eigenvalue weighted by atomic mass is 9.91. The molecule has 0 saturated carbocycles. The first-order valence-electron chi connectivity index (χ1n) is 8.94. The molecule has 0 unspecified atom stereocenters. The van der Waals surface area contributed by atoms with Gasteiger partial charge in [-0.2, -0.15) is 0 Å². The Bertz CT molecular complexity index is 659. The Morgan fingerprint density at radius 2 is 1.50 bits per heavy atom. The summed E-state index contributed by atoms with van der Waals surface area (Å²) in [5.74, 6) is 0.829. The quantitative estimate of drug-likeness (QED) is 0.594. The maximum atomic E-state index is 11.8.